The molecule has 0 saturated carbocycles. The summed E-state index contributed by atoms with van der Waals surface area (Å²) in [5.74, 6) is -0.176. The number of anilines is 1. The molecule has 0 unspecified atom stereocenters. The molecule has 0 aliphatic heterocycles. The first-order valence-corrected chi connectivity index (χ1v) is 5.50. The van der Waals surface area contributed by atoms with Crippen LogP contribution in [0.25, 0.3) is 0 Å². The summed E-state index contributed by atoms with van der Waals surface area (Å²) in [5, 5.41) is 7.50. The third kappa shape index (κ3) is 4.10. The molecule has 0 fully saturated rings. The Morgan fingerprint density at radius 1 is 1.44 bits per heavy atom. The zero-order valence-corrected chi connectivity index (χ0v) is 10.4. The molecule has 1 aromatic carbocycles. The SMILES string of the molecule is CN(CCC(F)(F)F)c1ccc(C(=N)N)c(Cl)c1. The number of nitrogens with zero attached hydrogens (tertiary/aromatic N) is 1. The Morgan fingerprint density at radius 3 is 2.50 bits per heavy atom. The highest BCUT2D eigenvalue weighted by molar-refractivity contribution is 6.34. The number of benzene rings is 1. The van der Waals surface area contributed by atoms with Crippen molar-refractivity contribution < 1.29 is 13.2 Å². The minimum Gasteiger partial charge on any atom is -0.384 e. The number of rotatable bonds is 4. The topological polar surface area (TPSA) is 53.1 Å². The molecule has 0 saturated heterocycles. The quantitative estimate of drug-likeness (QED) is 0.657. The van der Waals surface area contributed by atoms with E-state index in [0.29, 0.717) is 11.3 Å². The molecule has 0 aliphatic carbocycles. The van der Waals surface area contributed by atoms with E-state index >= 15 is 0 Å². The minimum atomic E-state index is -4.18. The van der Waals surface area contributed by atoms with Crippen molar-refractivity contribution >= 4 is 23.1 Å². The summed E-state index contributed by atoms with van der Waals surface area (Å²) in [4.78, 5) is 1.45. The molecule has 0 aliphatic rings. The number of hydrogen-bond acceptors (Lipinski definition) is 2. The van der Waals surface area contributed by atoms with E-state index in [9.17, 15) is 13.2 Å². The summed E-state index contributed by atoms with van der Waals surface area (Å²) >= 11 is 5.89. The molecule has 100 valence electrons. The van der Waals surface area contributed by atoms with E-state index in [1.54, 1.807) is 13.1 Å². The third-order valence-corrected chi connectivity index (χ3v) is 2.73. The number of halogens is 4. The zero-order chi connectivity index (χ0) is 13.9. The van der Waals surface area contributed by atoms with E-state index in [0.717, 1.165) is 0 Å². The van der Waals surface area contributed by atoms with E-state index in [1.165, 1.54) is 17.0 Å². The summed E-state index contributed by atoms with van der Waals surface area (Å²) in [7, 11) is 1.55. The molecular weight excluding hydrogens is 267 g/mol. The molecule has 7 heteroatoms. The zero-order valence-electron chi connectivity index (χ0n) is 9.68. The van der Waals surface area contributed by atoms with Gasteiger partial charge in [0.2, 0.25) is 0 Å². The van der Waals surface area contributed by atoms with Gasteiger partial charge in [-0.3, -0.25) is 5.41 Å². The number of nitrogens with one attached hydrogen (secondary N) is 1. The van der Waals surface area contributed by atoms with Crippen molar-refractivity contribution in [2.24, 2.45) is 5.73 Å². The average molecular weight is 280 g/mol. The maximum Gasteiger partial charge on any atom is 0.390 e. The van der Waals surface area contributed by atoms with Crippen molar-refractivity contribution in [3.63, 3.8) is 0 Å². The molecule has 1 aromatic rings. The van der Waals surface area contributed by atoms with Gasteiger partial charge < -0.3 is 10.6 Å². The molecule has 18 heavy (non-hydrogen) atoms. The molecule has 0 aromatic heterocycles. The van der Waals surface area contributed by atoms with Crippen LogP contribution < -0.4 is 10.6 Å². The van der Waals surface area contributed by atoms with E-state index in [1.807, 2.05) is 0 Å². The van der Waals surface area contributed by atoms with Crippen LogP contribution in [0.5, 0.6) is 0 Å². The second-order valence-electron chi connectivity index (χ2n) is 3.86. The highest BCUT2D eigenvalue weighted by atomic mass is 35.5. The van der Waals surface area contributed by atoms with Gasteiger partial charge in [-0.05, 0) is 18.2 Å². The molecule has 1 rings (SSSR count). The van der Waals surface area contributed by atoms with Crippen molar-refractivity contribution in [1.29, 1.82) is 5.41 Å². The Labute approximate surface area is 108 Å². The fourth-order valence-corrected chi connectivity index (χ4v) is 1.66. The van der Waals surface area contributed by atoms with Crippen molar-refractivity contribution in [3.8, 4) is 0 Å². The monoisotopic (exact) mass is 279 g/mol. The molecule has 0 amide bonds. The largest absolute Gasteiger partial charge is 0.390 e. The van der Waals surface area contributed by atoms with Crippen LogP contribution in [0.2, 0.25) is 5.02 Å². The van der Waals surface area contributed by atoms with Crippen molar-refractivity contribution in [3.05, 3.63) is 28.8 Å². The third-order valence-electron chi connectivity index (χ3n) is 2.41. The first-order valence-electron chi connectivity index (χ1n) is 5.12. The predicted octanol–water partition coefficient (Wildman–Crippen LogP) is 3.01. The predicted molar refractivity (Wildman–Crippen MR) is 66.4 cm³/mol. The Bertz CT molecular complexity index is 446. The van der Waals surface area contributed by atoms with Crippen LogP contribution in [0.1, 0.15) is 12.0 Å². The highest BCUT2D eigenvalue weighted by Gasteiger charge is 2.27. The van der Waals surface area contributed by atoms with Crippen molar-refractivity contribution in [1.82, 2.24) is 0 Å². The van der Waals surface area contributed by atoms with E-state index in [4.69, 9.17) is 22.7 Å². The smallest absolute Gasteiger partial charge is 0.384 e. The van der Waals surface area contributed by atoms with Gasteiger partial charge in [0.05, 0.1) is 11.4 Å². The van der Waals surface area contributed by atoms with Gasteiger partial charge in [0.15, 0.2) is 0 Å². The standard InChI is InChI=1S/C11H13ClF3N3/c1-18(5-4-11(13,14)15)7-2-3-8(10(16)17)9(12)6-7/h2-3,6H,4-5H2,1H3,(H3,16,17). The molecule has 0 atom stereocenters. The number of nitrogen functional groups attached to an aromatic ring is 1. The lowest BCUT2D eigenvalue weighted by Gasteiger charge is -2.20. The summed E-state index contributed by atoms with van der Waals surface area (Å²) in [6, 6.07) is 4.59. The van der Waals surface area contributed by atoms with Gasteiger partial charge in [0.1, 0.15) is 5.84 Å². The average Bonchev–Trinajstić information content (AvgIpc) is 2.24. The Morgan fingerprint density at radius 2 is 2.06 bits per heavy atom. The molecular formula is C11H13ClF3N3. The van der Waals surface area contributed by atoms with Gasteiger partial charge in [-0.15, -0.1) is 0 Å². The summed E-state index contributed by atoms with van der Waals surface area (Å²) in [6.45, 7) is -0.154. The Hall–Kier alpha value is -1.43. The summed E-state index contributed by atoms with van der Waals surface area (Å²) in [6.07, 6.45) is -5.08. The number of amidine groups is 1. The Kier molecular flexibility index (Phi) is 4.45. The number of nitrogens with two attached hydrogens (primary N) is 1. The van der Waals surface area contributed by atoms with Crippen LogP contribution in [-0.2, 0) is 0 Å². The van der Waals surface area contributed by atoms with Gasteiger partial charge in [0.25, 0.3) is 0 Å². The van der Waals surface area contributed by atoms with Crippen molar-refractivity contribution in [2.75, 3.05) is 18.5 Å². The van der Waals surface area contributed by atoms with E-state index in [2.05, 4.69) is 0 Å². The maximum absolute atomic E-state index is 12.1. The van der Waals surface area contributed by atoms with Crippen LogP contribution in [0.3, 0.4) is 0 Å². The lowest BCUT2D eigenvalue weighted by Crippen LogP contribution is -2.24. The van der Waals surface area contributed by atoms with E-state index < -0.39 is 12.6 Å². The maximum atomic E-state index is 12.1. The first kappa shape index (κ1) is 14.6. The van der Waals surface area contributed by atoms with Gasteiger partial charge in [-0.2, -0.15) is 13.2 Å². The lowest BCUT2D eigenvalue weighted by molar-refractivity contribution is -0.132. The summed E-state index contributed by atoms with van der Waals surface area (Å²) in [5.41, 5.74) is 6.21. The van der Waals surface area contributed by atoms with Crippen LogP contribution >= 0.6 is 11.6 Å². The van der Waals surface area contributed by atoms with Gasteiger partial charge in [-0.25, -0.2) is 0 Å². The highest BCUT2D eigenvalue weighted by Crippen LogP contribution is 2.25. The molecule has 3 nitrogen and oxygen atoms in total. The van der Waals surface area contributed by atoms with Gasteiger partial charge in [0, 0.05) is 24.8 Å². The number of hydrogen-bond donors (Lipinski definition) is 2. The van der Waals surface area contributed by atoms with Gasteiger partial charge in [-0.1, -0.05) is 11.6 Å². The van der Waals surface area contributed by atoms with Crippen LogP contribution in [0.4, 0.5) is 18.9 Å². The molecule has 0 heterocycles. The normalized spacial score (nSPS) is 11.4. The fourth-order valence-electron chi connectivity index (χ4n) is 1.38. The first-order chi connectivity index (χ1) is 8.20. The molecule has 0 spiro atoms. The fraction of sp³-hybridized carbons (Fsp3) is 0.364. The molecule has 0 radical (unpaired) electrons. The number of alkyl halides is 3. The van der Waals surface area contributed by atoms with Gasteiger partial charge >= 0.3 is 6.18 Å². The van der Waals surface area contributed by atoms with E-state index in [-0.39, 0.29) is 17.4 Å². The van der Waals surface area contributed by atoms with Crippen molar-refractivity contribution in [2.45, 2.75) is 12.6 Å². The lowest BCUT2D eigenvalue weighted by atomic mass is 10.2. The van der Waals surface area contributed by atoms with Crippen LogP contribution in [-0.4, -0.2) is 25.6 Å². The van der Waals surface area contributed by atoms with Crippen LogP contribution in [0, 0.1) is 5.41 Å². The second-order valence-corrected chi connectivity index (χ2v) is 4.27. The summed E-state index contributed by atoms with van der Waals surface area (Å²) < 4.78 is 36.3. The van der Waals surface area contributed by atoms with Crippen LogP contribution in [0.15, 0.2) is 18.2 Å². The molecule has 3 N–H and O–H groups in total. The second kappa shape index (κ2) is 5.48. The Balaban J connectivity index is 2.78. The molecule has 0 bridgehead atoms. The minimum absolute atomic E-state index is 0.154.